The van der Waals surface area contributed by atoms with Gasteiger partial charge in [-0.2, -0.15) is 0 Å². The number of hydrogen-bond acceptors (Lipinski definition) is 3. The fourth-order valence-electron chi connectivity index (χ4n) is 1.05. The third-order valence-corrected chi connectivity index (χ3v) is 2.32. The maximum Gasteiger partial charge on any atom is 0.336 e. The lowest BCUT2D eigenvalue weighted by Crippen LogP contribution is -2.09. The van der Waals surface area contributed by atoms with Crippen LogP contribution < -0.4 is 5.73 Å². The van der Waals surface area contributed by atoms with Crippen LogP contribution in [0.3, 0.4) is 0 Å². The molecule has 0 aliphatic heterocycles. The molecule has 0 atom stereocenters. The van der Waals surface area contributed by atoms with Gasteiger partial charge in [0.2, 0.25) is 0 Å². The average Bonchev–Trinajstić information content (AvgIpc) is 2.16. The van der Waals surface area contributed by atoms with E-state index in [2.05, 4.69) is 20.9 Å². The fourth-order valence-corrected chi connectivity index (χ4v) is 1.64. The molecule has 0 saturated carbocycles. The molecule has 0 saturated heterocycles. The lowest BCUT2D eigenvalue weighted by molar-refractivity contribution is 0.0695. The van der Waals surface area contributed by atoms with E-state index in [1.807, 2.05) is 0 Å². The summed E-state index contributed by atoms with van der Waals surface area (Å²) in [6, 6.07) is 0.833. The second-order valence-corrected chi connectivity index (χ2v) is 3.26. The van der Waals surface area contributed by atoms with Gasteiger partial charge in [0.05, 0.1) is 5.56 Å². The first kappa shape index (κ1) is 11.8. The summed E-state index contributed by atoms with van der Waals surface area (Å²) in [6.07, 6.45) is -2.84. The van der Waals surface area contributed by atoms with Crippen molar-refractivity contribution < 1.29 is 18.7 Å². The number of carboxylic acids is 1. The summed E-state index contributed by atoms with van der Waals surface area (Å²) in [5.41, 5.74) is 4.69. The number of nitrogen functional groups attached to an aromatic ring is 1. The van der Waals surface area contributed by atoms with Crippen molar-refractivity contribution in [3.8, 4) is 0 Å². The number of rotatable bonds is 3. The van der Waals surface area contributed by atoms with E-state index in [9.17, 15) is 13.6 Å². The number of aromatic carboxylic acids is 1. The standard InChI is InChI=1S/C8H7BrF2N2O2/c9-2-4-3(8(14)15)1-5(6(10)11)13-7(4)12/h1,6H,2H2,(H2,12,13)(H,14,15). The third-order valence-electron chi connectivity index (χ3n) is 1.76. The van der Waals surface area contributed by atoms with Crippen molar-refractivity contribution in [3.63, 3.8) is 0 Å². The number of alkyl halides is 3. The number of hydrogen-bond donors (Lipinski definition) is 2. The number of anilines is 1. The lowest BCUT2D eigenvalue weighted by atomic mass is 10.1. The number of nitrogens with two attached hydrogens (primary N) is 1. The van der Waals surface area contributed by atoms with Crippen LogP contribution in [0.2, 0.25) is 0 Å². The van der Waals surface area contributed by atoms with Crippen LogP contribution in [0.5, 0.6) is 0 Å². The first-order chi connectivity index (χ1) is 6.97. The van der Waals surface area contributed by atoms with E-state index in [0.717, 1.165) is 6.07 Å². The Kier molecular flexibility index (Phi) is 3.57. The highest BCUT2D eigenvalue weighted by Crippen LogP contribution is 2.25. The molecular weight excluding hydrogens is 274 g/mol. The molecule has 1 heterocycles. The van der Waals surface area contributed by atoms with E-state index in [1.165, 1.54) is 0 Å². The zero-order valence-corrected chi connectivity index (χ0v) is 8.96. The van der Waals surface area contributed by atoms with Crippen LogP contribution in [0, 0.1) is 0 Å². The Balaban J connectivity index is 3.38. The summed E-state index contributed by atoms with van der Waals surface area (Å²) in [7, 11) is 0. The molecule has 1 aromatic heterocycles. The molecule has 0 aliphatic rings. The van der Waals surface area contributed by atoms with Crippen molar-refractivity contribution in [2.75, 3.05) is 5.73 Å². The number of carboxylic acid groups (broad SMARTS) is 1. The molecule has 0 spiro atoms. The van der Waals surface area contributed by atoms with E-state index < -0.39 is 18.1 Å². The largest absolute Gasteiger partial charge is 0.478 e. The Labute approximate surface area is 92.2 Å². The van der Waals surface area contributed by atoms with Crippen molar-refractivity contribution >= 4 is 27.7 Å². The fraction of sp³-hybridized carbons (Fsp3) is 0.250. The van der Waals surface area contributed by atoms with E-state index in [4.69, 9.17) is 10.8 Å². The first-order valence-corrected chi connectivity index (χ1v) is 4.96. The highest BCUT2D eigenvalue weighted by molar-refractivity contribution is 9.08. The minimum absolute atomic E-state index is 0.150. The zero-order chi connectivity index (χ0) is 11.6. The minimum atomic E-state index is -2.84. The van der Waals surface area contributed by atoms with E-state index >= 15 is 0 Å². The van der Waals surface area contributed by atoms with Crippen LogP contribution in [-0.4, -0.2) is 16.1 Å². The van der Waals surface area contributed by atoms with Gasteiger partial charge in [0.25, 0.3) is 6.43 Å². The number of carbonyl (C=O) groups is 1. The van der Waals surface area contributed by atoms with Crippen molar-refractivity contribution in [2.45, 2.75) is 11.8 Å². The predicted molar refractivity (Wildman–Crippen MR) is 53.2 cm³/mol. The molecule has 0 aliphatic carbocycles. The van der Waals surface area contributed by atoms with Crippen LogP contribution in [0.4, 0.5) is 14.6 Å². The quantitative estimate of drug-likeness (QED) is 0.833. The number of nitrogens with zero attached hydrogens (tertiary/aromatic N) is 1. The topological polar surface area (TPSA) is 76.2 Å². The minimum Gasteiger partial charge on any atom is -0.478 e. The summed E-state index contributed by atoms with van der Waals surface area (Å²) < 4.78 is 24.6. The second kappa shape index (κ2) is 4.52. The van der Waals surface area contributed by atoms with Gasteiger partial charge < -0.3 is 10.8 Å². The van der Waals surface area contributed by atoms with Crippen molar-refractivity contribution in [2.24, 2.45) is 0 Å². The van der Waals surface area contributed by atoms with Crippen LogP contribution in [0.1, 0.15) is 28.0 Å². The molecule has 3 N–H and O–H groups in total. The summed E-state index contributed by atoms with van der Waals surface area (Å²) in [5, 5.41) is 8.93. The lowest BCUT2D eigenvalue weighted by Gasteiger charge is -2.08. The van der Waals surface area contributed by atoms with Gasteiger partial charge in [-0.1, -0.05) is 15.9 Å². The molecule has 15 heavy (non-hydrogen) atoms. The maximum absolute atomic E-state index is 12.3. The van der Waals surface area contributed by atoms with E-state index in [0.29, 0.717) is 0 Å². The van der Waals surface area contributed by atoms with Gasteiger partial charge in [0, 0.05) is 10.9 Å². The Hall–Kier alpha value is -1.24. The number of pyridine rings is 1. The van der Waals surface area contributed by atoms with E-state index in [1.54, 1.807) is 0 Å². The van der Waals surface area contributed by atoms with Crippen LogP contribution in [0.15, 0.2) is 6.07 Å². The van der Waals surface area contributed by atoms with Crippen LogP contribution in [0.25, 0.3) is 0 Å². The predicted octanol–water partition coefficient (Wildman–Crippen LogP) is 2.19. The zero-order valence-electron chi connectivity index (χ0n) is 7.38. The molecule has 1 aromatic rings. The molecule has 0 aromatic carbocycles. The molecule has 7 heteroatoms. The molecule has 0 amide bonds. The van der Waals surface area contributed by atoms with Crippen molar-refractivity contribution in [1.82, 2.24) is 4.98 Å². The van der Waals surface area contributed by atoms with Crippen molar-refractivity contribution in [3.05, 3.63) is 22.9 Å². The second-order valence-electron chi connectivity index (χ2n) is 2.70. The highest BCUT2D eigenvalue weighted by atomic mass is 79.9. The average molecular weight is 281 g/mol. The van der Waals surface area contributed by atoms with Gasteiger partial charge in [0.1, 0.15) is 11.5 Å². The summed E-state index contributed by atoms with van der Waals surface area (Å²) in [5.74, 6) is -1.50. The third kappa shape index (κ3) is 2.41. The Morgan fingerprint density at radius 3 is 2.67 bits per heavy atom. The number of halogens is 3. The normalized spacial score (nSPS) is 10.7. The van der Waals surface area contributed by atoms with Gasteiger partial charge >= 0.3 is 5.97 Å². The molecule has 1 rings (SSSR count). The van der Waals surface area contributed by atoms with Gasteiger partial charge in [-0.15, -0.1) is 0 Å². The van der Waals surface area contributed by atoms with Gasteiger partial charge in [-0.05, 0) is 6.07 Å². The van der Waals surface area contributed by atoms with Crippen molar-refractivity contribution in [1.29, 1.82) is 0 Å². The molecular formula is C8H7BrF2N2O2. The molecule has 82 valence electrons. The molecule has 0 fully saturated rings. The Morgan fingerprint density at radius 2 is 2.27 bits per heavy atom. The summed E-state index contributed by atoms with van der Waals surface area (Å²) in [6.45, 7) is 0. The smallest absolute Gasteiger partial charge is 0.336 e. The monoisotopic (exact) mass is 280 g/mol. The first-order valence-electron chi connectivity index (χ1n) is 3.84. The molecule has 0 radical (unpaired) electrons. The molecule has 0 unspecified atom stereocenters. The SMILES string of the molecule is Nc1nc(C(F)F)cc(C(=O)O)c1CBr. The van der Waals surface area contributed by atoms with Gasteiger partial charge in [0.15, 0.2) is 0 Å². The molecule has 4 nitrogen and oxygen atoms in total. The van der Waals surface area contributed by atoms with Crippen LogP contribution >= 0.6 is 15.9 Å². The van der Waals surface area contributed by atoms with Gasteiger partial charge in [-0.3, -0.25) is 0 Å². The maximum atomic E-state index is 12.3. The Bertz CT molecular complexity index is 398. The molecule has 0 bridgehead atoms. The Morgan fingerprint density at radius 1 is 1.67 bits per heavy atom. The van der Waals surface area contributed by atoms with Gasteiger partial charge in [-0.25, -0.2) is 18.6 Å². The summed E-state index contributed by atoms with van der Waals surface area (Å²) in [4.78, 5) is 14.2. The van der Waals surface area contributed by atoms with E-state index in [-0.39, 0.29) is 22.3 Å². The highest BCUT2D eigenvalue weighted by Gasteiger charge is 2.19. The number of aromatic nitrogens is 1. The summed E-state index contributed by atoms with van der Waals surface area (Å²) >= 11 is 3.02. The van der Waals surface area contributed by atoms with Crippen LogP contribution in [-0.2, 0) is 5.33 Å².